The van der Waals surface area contributed by atoms with Gasteiger partial charge in [0.25, 0.3) is 11.8 Å². The highest BCUT2D eigenvalue weighted by Crippen LogP contribution is 2.15. The number of hydrogen-bond acceptors (Lipinski definition) is 3. The maximum absolute atomic E-state index is 12.5. The summed E-state index contributed by atoms with van der Waals surface area (Å²) in [6.45, 7) is 5.12. The minimum atomic E-state index is -0.0365. The van der Waals surface area contributed by atoms with Gasteiger partial charge in [0.1, 0.15) is 0 Å². The molecular weight excluding hydrogens is 314 g/mol. The first-order chi connectivity index (χ1) is 12.0. The quantitative estimate of drug-likeness (QED) is 0.937. The van der Waals surface area contributed by atoms with Crippen molar-refractivity contribution < 1.29 is 9.59 Å². The number of nitrogens with zero attached hydrogens (tertiary/aromatic N) is 2. The van der Waals surface area contributed by atoms with Gasteiger partial charge >= 0.3 is 0 Å². The number of pyridine rings is 1. The molecule has 1 fully saturated rings. The van der Waals surface area contributed by atoms with E-state index in [9.17, 15) is 9.59 Å². The SMILES string of the molecule is Cc1ccc(C(=O)N2CCC(NC(=O)c3ccccc3C)CC2)cn1. The molecule has 2 aromatic rings. The number of carbonyl (C=O) groups excluding carboxylic acids is 2. The maximum atomic E-state index is 12.5. The summed E-state index contributed by atoms with van der Waals surface area (Å²) in [6, 6.07) is 11.3. The Morgan fingerprint density at radius 2 is 1.80 bits per heavy atom. The number of piperidine rings is 1. The Kier molecular flexibility index (Phi) is 5.12. The zero-order valence-corrected chi connectivity index (χ0v) is 14.7. The van der Waals surface area contributed by atoms with E-state index in [1.165, 1.54) is 0 Å². The predicted octanol–water partition coefficient (Wildman–Crippen LogP) is 2.73. The lowest BCUT2D eigenvalue weighted by molar-refractivity contribution is 0.0697. The minimum Gasteiger partial charge on any atom is -0.349 e. The zero-order valence-electron chi connectivity index (χ0n) is 14.7. The maximum Gasteiger partial charge on any atom is 0.255 e. The van der Waals surface area contributed by atoms with Crippen LogP contribution in [0.25, 0.3) is 0 Å². The van der Waals surface area contributed by atoms with Gasteiger partial charge in [-0.25, -0.2) is 0 Å². The highest BCUT2D eigenvalue weighted by atomic mass is 16.2. The van der Waals surface area contributed by atoms with Crippen molar-refractivity contribution in [2.24, 2.45) is 0 Å². The van der Waals surface area contributed by atoms with Crippen LogP contribution in [0.1, 0.15) is 44.8 Å². The third-order valence-corrected chi connectivity index (χ3v) is 4.67. The number of rotatable bonds is 3. The van der Waals surface area contributed by atoms with Crippen LogP contribution in [-0.4, -0.2) is 40.8 Å². The van der Waals surface area contributed by atoms with Crippen molar-refractivity contribution in [3.8, 4) is 0 Å². The van der Waals surface area contributed by atoms with Crippen LogP contribution in [0, 0.1) is 13.8 Å². The standard InChI is InChI=1S/C20H23N3O2/c1-14-5-3-4-6-18(14)19(24)22-17-9-11-23(12-10-17)20(25)16-8-7-15(2)21-13-16/h3-8,13,17H,9-12H2,1-2H3,(H,22,24). The molecule has 5 nitrogen and oxygen atoms in total. The molecule has 0 atom stereocenters. The van der Waals surface area contributed by atoms with Gasteiger partial charge in [-0.1, -0.05) is 18.2 Å². The summed E-state index contributed by atoms with van der Waals surface area (Å²) in [4.78, 5) is 30.9. The lowest BCUT2D eigenvalue weighted by Gasteiger charge is -2.32. The van der Waals surface area contributed by atoms with Gasteiger partial charge in [0.2, 0.25) is 0 Å². The molecule has 2 heterocycles. The van der Waals surface area contributed by atoms with Crippen LogP contribution in [0.5, 0.6) is 0 Å². The molecule has 0 bridgehead atoms. The van der Waals surface area contributed by atoms with Crippen molar-refractivity contribution in [1.29, 1.82) is 0 Å². The Labute approximate surface area is 148 Å². The summed E-state index contributed by atoms with van der Waals surface area (Å²) < 4.78 is 0. The highest BCUT2D eigenvalue weighted by molar-refractivity contribution is 5.96. The van der Waals surface area contributed by atoms with Crippen LogP contribution in [-0.2, 0) is 0 Å². The molecule has 1 saturated heterocycles. The van der Waals surface area contributed by atoms with Gasteiger partial charge < -0.3 is 10.2 Å². The number of aryl methyl sites for hydroxylation is 2. The van der Waals surface area contributed by atoms with Gasteiger partial charge in [0, 0.05) is 36.6 Å². The van der Waals surface area contributed by atoms with Gasteiger partial charge in [-0.2, -0.15) is 0 Å². The second kappa shape index (κ2) is 7.47. The van der Waals surface area contributed by atoms with E-state index in [4.69, 9.17) is 0 Å². The third kappa shape index (κ3) is 4.05. The summed E-state index contributed by atoms with van der Waals surface area (Å²) in [7, 11) is 0. The molecule has 1 N–H and O–H groups in total. The summed E-state index contributed by atoms with van der Waals surface area (Å²) in [5.74, 6) is -0.0261. The molecule has 1 aliphatic heterocycles. The van der Waals surface area contributed by atoms with Crippen LogP contribution in [0.15, 0.2) is 42.6 Å². The number of benzene rings is 1. The molecule has 1 aliphatic rings. The van der Waals surface area contributed by atoms with Crippen LogP contribution in [0.2, 0.25) is 0 Å². The van der Waals surface area contributed by atoms with E-state index in [-0.39, 0.29) is 17.9 Å². The number of aromatic nitrogens is 1. The Balaban J connectivity index is 1.55. The molecule has 25 heavy (non-hydrogen) atoms. The Hall–Kier alpha value is -2.69. The van der Waals surface area contributed by atoms with Crippen molar-refractivity contribution in [1.82, 2.24) is 15.2 Å². The smallest absolute Gasteiger partial charge is 0.255 e. The molecule has 1 aromatic carbocycles. The Bertz CT molecular complexity index is 763. The predicted molar refractivity (Wildman–Crippen MR) is 96.5 cm³/mol. The van der Waals surface area contributed by atoms with E-state index in [1.807, 2.05) is 55.1 Å². The van der Waals surface area contributed by atoms with Crippen LogP contribution in [0.4, 0.5) is 0 Å². The minimum absolute atomic E-state index is 0.0104. The fourth-order valence-corrected chi connectivity index (χ4v) is 3.09. The van der Waals surface area contributed by atoms with Crippen LogP contribution < -0.4 is 5.32 Å². The van der Waals surface area contributed by atoms with E-state index in [1.54, 1.807) is 6.20 Å². The number of likely N-dealkylation sites (tertiary alicyclic amines) is 1. The molecule has 0 unspecified atom stereocenters. The second-order valence-corrected chi connectivity index (χ2v) is 6.54. The zero-order chi connectivity index (χ0) is 17.8. The third-order valence-electron chi connectivity index (χ3n) is 4.67. The van der Waals surface area contributed by atoms with E-state index in [0.29, 0.717) is 24.2 Å². The fraction of sp³-hybridized carbons (Fsp3) is 0.350. The summed E-state index contributed by atoms with van der Waals surface area (Å²) in [6.07, 6.45) is 3.16. The largest absolute Gasteiger partial charge is 0.349 e. The Morgan fingerprint density at radius 3 is 2.44 bits per heavy atom. The topological polar surface area (TPSA) is 62.3 Å². The molecule has 5 heteroatoms. The Morgan fingerprint density at radius 1 is 1.08 bits per heavy atom. The van der Waals surface area contributed by atoms with Gasteiger partial charge in [-0.05, 0) is 50.5 Å². The average molecular weight is 337 g/mol. The molecule has 1 aromatic heterocycles. The highest BCUT2D eigenvalue weighted by Gasteiger charge is 2.25. The average Bonchev–Trinajstić information content (AvgIpc) is 2.63. The summed E-state index contributed by atoms with van der Waals surface area (Å²) in [5.41, 5.74) is 3.20. The van der Waals surface area contributed by atoms with Gasteiger partial charge in [0.15, 0.2) is 0 Å². The lowest BCUT2D eigenvalue weighted by atomic mass is 10.0. The molecule has 0 saturated carbocycles. The molecule has 130 valence electrons. The van der Waals surface area contributed by atoms with Crippen molar-refractivity contribution in [2.75, 3.05) is 13.1 Å². The van der Waals surface area contributed by atoms with E-state index in [0.717, 1.165) is 24.1 Å². The van der Waals surface area contributed by atoms with Crippen molar-refractivity contribution in [2.45, 2.75) is 32.7 Å². The molecule has 0 aliphatic carbocycles. The lowest BCUT2D eigenvalue weighted by Crippen LogP contribution is -2.46. The first-order valence-corrected chi connectivity index (χ1v) is 8.63. The van der Waals surface area contributed by atoms with Crippen LogP contribution in [0.3, 0.4) is 0 Å². The normalized spacial score (nSPS) is 15.0. The summed E-state index contributed by atoms with van der Waals surface area (Å²) in [5, 5.41) is 3.09. The first kappa shape index (κ1) is 17.1. The van der Waals surface area contributed by atoms with Crippen molar-refractivity contribution in [3.05, 3.63) is 65.0 Å². The molecule has 0 radical (unpaired) electrons. The first-order valence-electron chi connectivity index (χ1n) is 8.63. The summed E-state index contributed by atoms with van der Waals surface area (Å²) >= 11 is 0. The van der Waals surface area contributed by atoms with E-state index < -0.39 is 0 Å². The molecule has 2 amide bonds. The van der Waals surface area contributed by atoms with Gasteiger partial charge in [-0.3, -0.25) is 14.6 Å². The fourth-order valence-electron chi connectivity index (χ4n) is 3.09. The molecular formula is C20H23N3O2. The van der Waals surface area contributed by atoms with E-state index in [2.05, 4.69) is 10.3 Å². The molecule has 3 rings (SSSR count). The monoisotopic (exact) mass is 337 g/mol. The van der Waals surface area contributed by atoms with Crippen LogP contribution >= 0.6 is 0 Å². The number of carbonyl (C=O) groups is 2. The van der Waals surface area contributed by atoms with Crippen molar-refractivity contribution in [3.63, 3.8) is 0 Å². The number of nitrogens with one attached hydrogen (secondary N) is 1. The van der Waals surface area contributed by atoms with Gasteiger partial charge in [0.05, 0.1) is 5.56 Å². The van der Waals surface area contributed by atoms with Crippen molar-refractivity contribution >= 4 is 11.8 Å². The number of hydrogen-bond donors (Lipinski definition) is 1. The second-order valence-electron chi connectivity index (χ2n) is 6.54. The number of amides is 2. The van der Waals surface area contributed by atoms with Gasteiger partial charge in [-0.15, -0.1) is 0 Å². The molecule has 0 spiro atoms. The van der Waals surface area contributed by atoms with E-state index >= 15 is 0 Å².